The molecule has 2 bridgehead atoms. The summed E-state index contributed by atoms with van der Waals surface area (Å²) in [4.78, 5) is 11.9. The van der Waals surface area contributed by atoms with Crippen molar-refractivity contribution in [1.82, 2.24) is 5.32 Å². The van der Waals surface area contributed by atoms with Crippen LogP contribution in [-0.4, -0.2) is 11.9 Å². The Bertz CT molecular complexity index is 492. The molecule has 0 saturated heterocycles. The molecule has 0 heterocycles. The van der Waals surface area contributed by atoms with Crippen LogP contribution in [0.1, 0.15) is 31.2 Å². The first kappa shape index (κ1) is 12.3. The lowest BCUT2D eigenvalue weighted by atomic mass is 9.95. The van der Waals surface area contributed by atoms with Gasteiger partial charge in [-0.3, -0.25) is 4.79 Å². The predicted octanol–water partition coefficient (Wildman–Crippen LogP) is 2.59. The van der Waals surface area contributed by atoms with Crippen molar-refractivity contribution in [3.8, 4) is 0 Å². The van der Waals surface area contributed by atoms with E-state index < -0.39 is 0 Å². The minimum absolute atomic E-state index is 0.0226. The molecular weight excluding hydrogens is 236 g/mol. The summed E-state index contributed by atoms with van der Waals surface area (Å²) < 4.78 is 0. The number of nitrogens with two attached hydrogens (primary N) is 1. The molecule has 3 heteroatoms. The Kier molecular flexibility index (Phi) is 3.28. The van der Waals surface area contributed by atoms with Crippen molar-refractivity contribution in [1.29, 1.82) is 0 Å². The smallest absolute Gasteiger partial charge is 0.244 e. The van der Waals surface area contributed by atoms with Gasteiger partial charge in [-0.15, -0.1) is 0 Å². The van der Waals surface area contributed by atoms with E-state index in [1.807, 2.05) is 30.3 Å². The number of anilines is 1. The summed E-state index contributed by atoms with van der Waals surface area (Å²) >= 11 is 0. The van der Waals surface area contributed by atoms with Gasteiger partial charge in [-0.2, -0.15) is 0 Å². The fourth-order valence-electron chi connectivity index (χ4n) is 3.43. The molecular formula is C16H20N2O. The van der Waals surface area contributed by atoms with Crippen LogP contribution >= 0.6 is 0 Å². The van der Waals surface area contributed by atoms with Gasteiger partial charge in [-0.25, -0.2) is 0 Å². The molecule has 2 aliphatic carbocycles. The standard InChI is InChI=1S/C16H20N2O/c17-14-6-2-11(3-7-14)4-8-16(19)18-15-10-12-1-5-13(15)9-12/h2-4,6-8,12-13,15H,1,5,9-10,17H2,(H,18,19)/b8-4+. The van der Waals surface area contributed by atoms with Crippen LogP contribution < -0.4 is 11.1 Å². The summed E-state index contributed by atoms with van der Waals surface area (Å²) in [5.41, 5.74) is 7.36. The van der Waals surface area contributed by atoms with Gasteiger partial charge in [0.25, 0.3) is 0 Å². The number of hydrogen-bond donors (Lipinski definition) is 2. The Hall–Kier alpha value is -1.77. The van der Waals surface area contributed by atoms with Crippen molar-refractivity contribution >= 4 is 17.7 Å². The maximum atomic E-state index is 11.9. The van der Waals surface area contributed by atoms with Gasteiger partial charge < -0.3 is 11.1 Å². The van der Waals surface area contributed by atoms with E-state index in [0.717, 1.165) is 23.1 Å². The number of fused-ring (bicyclic) bond motifs is 2. The highest BCUT2D eigenvalue weighted by molar-refractivity contribution is 5.92. The summed E-state index contributed by atoms with van der Waals surface area (Å²) in [7, 11) is 0. The molecule has 3 atom stereocenters. The molecule has 1 aromatic rings. The van der Waals surface area contributed by atoms with E-state index in [2.05, 4.69) is 5.32 Å². The molecule has 3 N–H and O–H groups in total. The van der Waals surface area contributed by atoms with Crippen molar-refractivity contribution in [3.63, 3.8) is 0 Å². The van der Waals surface area contributed by atoms with Crippen LogP contribution in [0.4, 0.5) is 5.69 Å². The van der Waals surface area contributed by atoms with Crippen molar-refractivity contribution in [2.24, 2.45) is 11.8 Å². The Morgan fingerprint density at radius 1 is 1.21 bits per heavy atom. The third-order valence-corrected chi connectivity index (χ3v) is 4.43. The van der Waals surface area contributed by atoms with E-state index in [4.69, 9.17) is 5.73 Å². The average molecular weight is 256 g/mol. The van der Waals surface area contributed by atoms with Crippen LogP contribution in [0.5, 0.6) is 0 Å². The van der Waals surface area contributed by atoms with Gasteiger partial charge in [-0.05, 0) is 54.9 Å². The number of carbonyl (C=O) groups is 1. The summed E-state index contributed by atoms with van der Waals surface area (Å²) in [6, 6.07) is 7.91. The third-order valence-electron chi connectivity index (χ3n) is 4.43. The monoisotopic (exact) mass is 256 g/mol. The van der Waals surface area contributed by atoms with Gasteiger partial charge in [-0.1, -0.05) is 18.6 Å². The van der Waals surface area contributed by atoms with E-state index in [1.165, 1.54) is 25.7 Å². The molecule has 3 rings (SSSR count). The molecule has 0 aliphatic heterocycles. The molecule has 1 aromatic carbocycles. The first-order valence-electron chi connectivity index (χ1n) is 7.05. The Morgan fingerprint density at radius 3 is 2.63 bits per heavy atom. The minimum atomic E-state index is 0.0226. The van der Waals surface area contributed by atoms with E-state index >= 15 is 0 Å². The van der Waals surface area contributed by atoms with Gasteiger partial charge in [0.05, 0.1) is 0 Å². The molecule has 2 aliphatic rings. The second-order valence-corrected chi connectivity index (χ2v) is 5.79. The SMILES string of the molecule is Nc1ccc(/C=C/C(=O)NC2CC3CCC2C3)cc1. The van der Waals surface area contributed by atoms with Gasteiger partial charge in [0.2, 0.25) is 5.91 Å². The largest absolute Gasteiger partial charge is 0.399 e. The van der Waals surface area contributed by atoms with Crippen molar-refractivity contribution in [3.05, 3.63) is 35.9 Å². The second-order valence-electron chi connectivity index (χ2n) is 5.79. The number of amides is 1. The zero-order chi connectivity index (χ0) is 13.2. The van der Waals surface area contributed by atoms with Crippen LogP contribution in [-0.2, 0) is 4.79 Å². The van der Waals surface area contributed by atoms with Crippen LogP contribution in [0.15, 0.2) is 30.3 Å². The highest BCUT2D eigenvalue weighted by Gasteiger charge is 2.39. The van der Waals surface area contributed by atoms with Gasteiger partial charge in [0.1, 0.15) is 0 Å². The maximum Gasteiger partial charge on any atom is 0.244 e. The number of nitrogen functional groups attached to an aromatic ring is 1. The minimum Gasteiger partial charge on any atom is -0.399 e. The molecule has 0 aromatic heterocycles. The number of nitrogens with one attached hydrogen (secondary N) is 1. The molecule has 100 valence electrons. The Labute approximate surface area is 113 Å². The van der Waals surface area contributed by atoms with Gasteiger partial charge >= 0.3 is 0 Å². The molecule has 19 heavy (non-hydrogen) atoms. The summed E-state index contributed by atoms with van der Waals surface area (Å²) in [6.07, 6.45) is 8.59. The van der Waals surface area contributed by atoms with Crippen LogP contribution in [0.25, 0.3) is 6.08 Å². The highest BCUT2D eigenvalue weighted by atomic mass is 16.1. The predicted molar refractivity (Wildman–Crippen MR) is 77.3 cm³/mol. The van der Waals surface area contributed by atoms with Gasteiger partial charge in [0, 0.05) is 17.8 Å². The zero-order valence-corrected chi connectivity index (χ0v) is 11.0. The third kappa shape index (κ3) is 2.80. The van der Waals surface area contributed by atoms with Crippen molar-refractivity contribution in [2.45, 2.75) is 31.7 Å². The molecule has 3 nitrogen and oxygen atoms in total. The lowest BCUT2D eigenvalue weighted by molar-refractivity contribution is -0.117. The molecule has 3 unspecified atom stereocenters. The van der Waals surface area contributed by atoms with Crippen molar-refractivity contribution < 1.29 is 4.79 Å². The van der Waals surface area contributed by atoms with E-state index in [1.54, 1.807) is 6.08 Å². The second kappa shape index (κ2) is 5.08. The van der Waals surface area contributed by atoms with E-state index in [-0.39, 0.29) is 5.91 Å². The van der Waals surface area contributed by atoms with E-state index in [0.29, 0.717) is 6.04 Å². The molecule has 0 radical (unpaired) electrons. The molecule has 2 fully saturated rings. The van der Waals surface area contributed by atoms with Crippen LogP contribution in [0.3, 0.4) is 0 Å². The summed E-state index contributed by atoms with van der Waals surface area (Å²) in [5.74, 6) is 1.60. The lowest BCUT2D eigenvalue weighted by Gasteiger charge is -2.22. The fraction of sp³-hybridized carbons (Fsp3) is 0.438. The number of hydrogen-bond acceptors (Lipinski definition) is 2. The zero-order valence-electron chi connectivity index (χ0n) is 11.0. The summed E-state index contributed by atoms with van der Waals surface area (Å²) in [6.45, 7) is 0. The number of benzene rings is 1. The quantitative estimate of drug-likeness (QED) is 0.645. The van der Waals surface area contributed by atoms with Crippen molar-refractivity contribution in [2.75, 3.05) is 5.73 Å². The van der Waals surface area contributed by atoms with Crippen LogP contribution in [0.2, 0.25) is 0 Å². The van der Waals surface area contributed by atoms with E-state index in [9.17, 15) is 4.79 Å². The Balaban J connectivity index is 1.55. The normalized spacial score (nSPS) is 28.9. The van der Waals surface area contributed by atoms with Gasteiger partial charge in [0.15, 0.2) is 0 Å². The average Bonchev–Trinajstić information content (AvgIpc) is 3.00. The molecule has 1 amide bonds. The number of rotatable bonds is 3. The maximum absolute atomic E-state index is 11.9. The first-order valence-corrected chi connectivity index (χ1v) is 7.05. The van der Waals surface area contributed by atoms with Crippen LogP contribution in [0, 0.1) is 11.8 Å². The lowest BCUT2D eigenvalue weighted by Crippen LogP contribution is -2.37. The number of carbonyl (C=O) groups excluding carboxylic acids is 1. The Morgan fingerprint density at radius 2 is 2.00 bits per heavy atom. The molecule has 0 spiro atoms. The first-order chi connectivity index (χ1) is 9.20. The topological polar surface area (TPSA) is 55.1 Å². The summed E-state index contributed by atoms with van der Waals surface area (Å²) in [5, 5.41) is 3.14. The fourth-order valence-corrected chi connectivity index (χ4v) is 3.43. The highest BCUT2D eigenvalue weighted by Crippen LogP contribution is 2.44. The molecule has 2 saturated carbocycles.